The first kappa shape index (κ1) is 11.2. The van der Waals surface area contributed by atoms with E-state index in [1.807, 2.05) is 37.3 Å². The second-order valence-corrected chi connectivity index (χ2v) is 4.12. The number of aromatic nitrogens is 1. The Bertz CT molecular complexity index is 468. The average Bonchev–Trinajstić information content (AvgIpc) is 2.67. The molecule has 2 rings (SSSR count). The van der Waals surface area contributed by atoms with Gasteiger partial charge in [0.1, 0.15) is 24.5 Å². The largest absolute Gasteiger partial charge is 0.361 e. The van der Waals surface area contributed by atoms with Crippen LogP contribution in [0.4, 0.5) is 0 Å². The van der Waals surface area contributed by atoms with Crippen LogP contribution in [0.1, 0.15) is 17.0 Å². The van der Waals surface area contributed by atoms with Crippen LogP contribution in [-0.4, -0.2) is 5.16 Å². The number of nitrogens with two attached hydrogens (primary N) is 1. The van der Waals surface area contributed by atoms with Gasteiger partial charge in [-0.05, 0) is 13.0 Å². The fraction of sp³-hybridized carbons (Fsp3) is 0.250. The van der Waals surface area contributed by atoms with Gasteiger partial charge in [0.2, 0.25) is 0 Å². The van der Waals surface area contributed by atoms with E-state index < -0.39 is 0 Å². The first-order valence-corrected chi connectivity index (χ1v) is 5.61. The summed E-state index contributed by atoms with van der Waals surface area (Å²) in [5.74, 6) is 0.848. The molecule has 2 N–H and O–H groups in total. The fourth-order valence-corrected chi connectivity index (χ4v) is 1.77. The third-order valence-corrected chi connectivity index (χ3v) is 2.72. The van der Waals surface area contributed by atoms with Crippen molar-refractivity contribution in [1.82, 2.24) is 5.16 Å². The van der Waals surface area contributed by atoms with Gasteiger partial charge in [-0.2, -0.15) is 0 Å². The molecule has 0 saturated carbocycles. The van der Waals surface area contributed by atoms with Gasteiger partial charge in [-0.1, -0.05) is 35.0 Å². The molecule has 0 atom stereocenters. The summed E-state index contributed by atoms with van der Waals surface area (Å²) < 4.78 is 4.99. The smallest absolute Gasteiger partial charge is 0.138 e. The fourth-order valence-electron chi connectivity index (χ4n) is 1.55. The monoisotopic (exact) mass is 237 g/mol. The van der Waals surface area contributed by atoms with Crippen LogP contribution >= 0.6 is 11.6 Å². The summed E-state index contributed by atoms with van der Waals surface area (Å²) in [7, 11) is 0. The lowest BCUT2D eigenvalue weighted by Gasteiger charge is -2.01. The maximum Gasteiger partial charge on any atom is 0.138 e. The molecule has 3 nitrogen and oxygen atoms in total. The first-order valence-electron chi connectivity index (χ1n) is 5.23. The van der Waals surface area contributed by atoms with Crippen molar-refractivity contribution in [3.63, 3.8) is 0 Å². The summed E-state index contributed by atoms with van der Waals surface area (Å²) in [5, 5.41) is 6.90. The van der Waals surface area contributed by atoms with Crippen molar-refractivity contribution < 1.29 is 9.84 Å². The number of nitrogens with zero attached hydrogens (tertiary/aromatic N) is 1. The standard InChI is InChI=1S/C12H13ClN2O/c1-9-6-11(15-16-9)8-14-7-10-4-2-3-5-12(10)13/h2-6,14H,7-8H2,1H3/p+1. The van der Waals surface area contributed by atoms with Crippen LogP contribution in [0.3, 0.4) is 0 Å². The van der Waals surface area contributed by atoms with E-state index in [4.69, 9.17) is 16.1 Å². The van der Waals surface area contributed by atoms with Crippen LogP contribution in [0.25, 0.3) is 0 Å². The Morgan fingerprint density at radius 2 is 2.12 bits per heavy atom. The maximum absolute atomic E-state index is 6.06. The van der Waals surface area contributed by atoms with E-state index in [0.29, 0.717) is 0 Å². The minimum absolute atomic E-state index is 0.808. The molecule has 0 radical (unpaired) electrons. The van der Waals surface area contributed by atoms with E-state index in [-0.39, 0.29) is 0 Å². The molecular weight excluding hydrogens is 224 g/mol. The summed E-state index contributed by atoms with van der Waals surface area (Å²) in [4.78, 5) is 0. The summed E-state index contributed by atoms with van der Waals surface area (Å²) in [5.41, 5.74) is 2.11. The molecule has 84 valence electrons. The number of aryl methyl sites for hydroxylation is 1. The van der Waals surface area contributed by atoms with Crippen molar-refractivity contribution in [3.8, 4) is 0 Å². The molecule has 0 unspecified atom stereocenters. The summed E-state index contributed by atoms with van der Waals surface area (Å²) >= 11 is 6.06. The predicted octanol–water partition coefficient (Wildman–Crippen LogP) is 1.90. The molecular formula is C12H14ClN2O+. The van der Waals surface area contributed by atoms with Crippen molar-refractivity contribution in [2.45, 2.75) is 20.0 Å². The Morgan fingerprint density at radius 1 is 1.31 bits per heavy atom. The Balaban J connectivity index is 1.87. The third-order valence-electron chi connectivity index (χ3n) is 2.35. The van der Waals surface area contributed by atoms with Crippen molar-refractivity contribution in [3.05, 3.63) is 52.4 Å². The van der Waals surface area contributed by atoms with Crippen LogP contribution in [0, 0.1) is 6.92 Å². The van der Waals surface area contributed by atoms with Crippen LogP contribution in [-0.2, 0) is 13.1 Å². The van der Waals surface area contributed by atoms with Crippen molar-refractivity contribution >= 4 is 11.6 Å². The lowest BCUT2D eigenvalue weighted by molar-refractivity contribution is -0.686. The SMILES string of the molecule is Cc1cc(C[NH2+]Cc2ccccc2Cl)no1. The molecule has 0 fully saturated rings. The Morgan fingerprint density at radius 3 is 2.81 bits per heavy atom. The lowest BCUT2D eigenvalue weighted by Crippen LogP contribution is -2.80. The molecule has 0 amide bonds. The maximum atomic E-state index is 6.06. The van der Waals surface area contributed by atoms with Crippen LogP contribution in [0.2, 0.25) is 5.02 Å². The molecule has 0 spiro atoms. The van der Waals surface area contributed by atoms with E-state index in [1.54, 1.807) is 0 Å². The summed E-state index contributed by atoms with van der Waals surface area (Å²) in [6.07, 6.45) is 0. The zero-order valence-electron chi connectivity index (χ0n) is 9.11. The summed E-state index contributed by atoms with van der Waals surface area (Å²) in [6, 6.07) is 9.82. The predicted molar refractivity (Wildman–Crippen MR) is 62.0 cm³/mol. The van der Waals surface area contributed by atoms with Gasteiger partial charge in [-0.25, -0.2) is 0 Å². The highest BCUT2D eigenvalue weighted by molar-refractivity contribution is 6.31. The van der Waals surface area contributed by atoms with Crippen LogP contribution in [0.15, 0.2) is 34.9 Å². The van der Waals surface area contributed by atoms with Gasteiger partial charge < -0.3 is 9.84 Å². The van der Waals surface area contributed by atoms with Gasteiger partial charge in [0.05, 0.1) is 0 Å². The minimum atomic E-state index is 0.808. The molecule has 16 heavy (non-hydrogen) atoms. The second kappa shape index (κ2) is 5.14. The number of hydrogen-bond donors (Lipinski definition) is 1. The molecule has 4 heteroatoms. The molecule has 1 aromatic carbocycles. The molecule has 1 aromatic heterocycles. The van der Waals surface area contributed by atoms with Crippen molar-refractivity contribution in [2.24, 2.45) is 0 Å². The number of quaternary nitrogens is 1. The zero-order valence-corrected chi connectivity index (χ0v) is 9.87. The third kappa shape index (κ3) is 2.84. The normalized spacial score (nSPS) is 10.6. The molecule has 0 bridgehead atoms. The number of rotatable bonds is 4. The van der Waals surface area contributed by atoms with E-state index in [2.05, 4.69) is 10.5 Å². The molecule has 0 aliphatic carbocycles. The second-order valence-electron chi connectivity index (χ2n) is 3.72. The van der Waals surface area contributed by atoms with Crippen molar-refractivity contribution in [2.75, 3.05) is 0 Å². The average molecular weight is 238 g/mol. The van der Waals surface area contributed by atoms with Gasteiger partial charge in [0, 0.05) is 16.7 Å². The number of halogens is 1. The summed E-state index contributed by atoms with van der Waals surface area (Å²) in [6.45, 7) is 3.55. The molecule has 0 aliphatic heterocycles. The van der Waals surface area contributed by atoms with Gasteiger partial charge in [0.15, 0.2) is 0 Å². The highest BCUT2D eigenvalue weighted by Crippen LogP contribution is 2.13. The molecule has 2 aromatic rings. The highest BCUT2D eigenvalue weighted by Gasteiger charge is 2.04. The van der Waals surface area contributed by atoms with E-state index in [9.17, 15) is 0 Å². The quantitative estimate of drug-likeness (QED) is 0.883. The van der Waals surface area contributed by atoms with Crippen LogP contribution in [0.5, 0.6) is 0 Å². The van der Waals surface area contributed by atoms with Gasteiger partial charge in [-0.3, -0.25) is 0 Å². The number of hydrogen-bond acceptors (Lipinski definition) is 2. The zero-order chi connectivity index (χ0) is 11.4. The van der Waals surface area contributed by atoms with Gasteiger partial charge >= 0.3 is 0 Å². The molecule has 1 heterocycles. The Hall–Kier alpha value is -1.32. The Labute approximate surface area is 99.4 Å². The van der Waals surface area contributed by atoms with Crippen LogP contribution < -0.4 is 5.32 Å². The Kier molecular flexibility index (Phi) is 3.59. The van der Waals surface area contributed by atoms with Crippen molar-refractivity contribution in [1.29, 1.82) is 0 Å². The highest BCUT2D eigenvalue weighted by atomic mass is 35.5. The lowest BCUT2D eigenvalue weighted by atomic mass is 10.2. The first-order chi connectivity index (χ1) is 7.75. The molecule has 0 saturated heterocycles. The van der Waals surface area contributed by atoms with E-state index in [1.165, 1.54) is 0 Å². The van der Waals surface area contributed by atoms with E-state index >= 15 is 0 Å². The topological polar surface area (TPSA) is 42.6 Å². The van der Waals surface area contributed by atoms with Gasteiger partial charge in [-0.15, -0.1) is 0 Å². The minimum Gasteiger partial charge on any atom is -0.361 e. The number of benzene rings is 1. The van der Waals surface area contributed by atoms with E-state index in [0.717, 1.165) is 35.1 Å². The molecule has 0 aliphatic rings. The van der Waals surface area contributed by atoms with Gasteiger partial charge in [0.25, 0.3) is 0 Å².